The molecule has 30 heavy (non-hydrogen) atoms. The lowest BCUT2D eigenvalue weighted by Gasteiger charge is -2.15. The van der Waals surface area contributed by atoms with Crippen molar-refractivity contribution in [3.63, 3.8) is 0 Å². The molecule has 158 valence electrons. The second-order valence-electron chi connectivity index (χ2n) is 6.54. The van der Waals surface area contributed by atoms with E-state index in [9.17, 15) is 4.79 Å². The van der Waals surface area contributed by atoms with E-state index in [2.05, 4.69) is 15.5 Å². The molecule has 0 aliphatic carbocycles. The maximum absolute atomic E-state index is 12.2. The highest BCUT2D eigenvalue weighted by Gasteiger charge is 2.18. The van der Waals surface area contributed by atoms with Gasteiger partial charge in [0.1, 0.15) is 5.75 Å². The topological polar surface area (TPSA) is 69.0 Å². The van der Waals surface area contributed by atoms with Crippen molar-refractivity contribution in [3.8, 4) is 5.75 Å². The molecule has 0 saturated carbocycles. The number of aromatic nitrogens is 3. The van der Waals surface area contributed by atoms with E-state index in [-0.39, 0.29) is 17.8 Å². The van der Waals surface area contributed by atoms with Gasteiger partial charge in [-0.05, 0) is 55.8 Å². The van der Waals surface area contributed by atoms with Gasteiger partial charge in [-0.25, -0.2) is 0 Å². The summed E-state index contributed by atoms with van der Waals surface area (Å²) < 4.78 is 7.77. The van der Waals surface area contributed by atoms with Gasteiger partial charge in [0.2, 0.25) is 5.91 Å². The Morgan fingerprint density at radius 3 is 2.57 bits per heavy atom. The van der Waals surface area contributed by atoms with Crippen molar-refractivity contribution in [1.29, 1.82) is 0 Å². The van der Waals surface area contributed by atoms with Crippen LogP contribution in [0.5, 0.6) is 5.75 Å². The lowest BCUT2D eigenvalue weighted by molar-refractivity contribution is -0.113. The summed E-state index contributed by atoms with van der Waals surface area (Å²) in [6.45, 7) is 3.80. The summed E-state index contributed by atoms with van der Waals surface area (Å²) in [5.41, 5.74) is 1.51. The lowest BCUT2D eigenvalue weighted by Crippen LogP contribution is -2.15. The molecular weight excluding hydrogens is 467 g/mol. The van der Waals surface area contributed by atoms with Crippen LogP contribution in [0.3, 0.4) is 0 Å². The Labute approximate surface area is 193 Å². The highest BCUT2D eigenvalue weighted by atomic mass is 35.5. The highest BCUT2D eigenvalue weighted by molar-refractivity contribution is 7.99. The Kier molecular flexibility index (Phi) is 7.52. The molecule has 3 aromatic rings. The first-order valence-corrected chi connectivity index (χ1v) is 11.1. The molecule has 1 amide bonds. The quantitative estimate of drug-likeness (QED) is 0.418. The van der Waals surface area contributed by atoms with Crippen LogP contribution < -0.4 is 10.1 Å². The van der Waals surface area contributed by atoms with E-state index in [1.54, 1.807) is 24.3 Å². The summed E-state index contributed by atoms with van der Waals surface area (Å²) in [7, 11) is 1.83. The van der Waals surface area contributed by atoms with Crippen molar-refractivity contribution in [2.45, 2.75) is 25.1 Å². The molecule has 1 heterocycles. The van der Waals surface area contributed by atoms with Gasteiger partial charge in [-0.3, -0.25) is 4.79 Å². The van der Waals surface area contributed by atoms with Crippen LogP contribution in [0.15, 0.2) is 41.6 Å². The fourth-order valence-corrected chi connectivity index (χ4v) is 3.79. The van der Waals surface area contributed by atoms with Crippen molar-refractivity contribution in [1.82, 2.24) is 14.8 Å². The van der Waals surface area contributed by atoms with Crippen LogP contribution in [0.2, 0.25) is 15.1 Å². The number of anilines is 1. The first-order valence-electron chi connectivity index (χ1n) is 8.94. The van der Waals surface area contributed by atoms with E-state index >= 15 is 0 Å². The summed E-state index contributed by atoms with van der Waals surface area (Å²) in [6.07, 6.45) is -0.331. The molecule has 3 rings (SSSR count). The highest BCUT2D eigenvalue weighted by Crippen LogP contribution is 2.27. The number of hydrogen-bond acceptors (Lipinski definition) is 5. The van der Waals surface area contributed by atoms with E-state index in [4.69, 9.17) is 39.5 Å². The van der Waals surface area contributed by atoms with E-state index in [0.717, 1.165) is 5.56 Å². The first-order chi connectivity index (χ1) is 14.2. The number of nitrogens with zero attached hydrogens (tertiary/aromatic N) is 3. The largest absolute Gasteiger partial charge is 0.483 e. The fraction of sp³-hybridized carbons (Fsp3) is 0.250. The Hall–Kier alpha value is -1.93. The van der Waals surface area contributed by atoms with Crippen LogP contribution in [0, 0.1) is 6.92 Å². The molecule has 2 aromatic carbocycles. The monoisotopic (exact) mass is 484 g/mol. The third-order valence-electron chi connectivity index (χ3n) is 4.21. The van der Waals surface area contributed by atoms with Gasteiger partial charge in [-0.15, -0.1) is 10.2 Å². The number of carbonyl (C=O) groups is 1. The standard InChI is InChI=1S/C20H19Cl3N4O2S/c1-11-8-14(5-7-15(11)21)29-12(2)19-25-26-20(27(19)3)30-10-18(28)24-13-4-6-16(22)17(23)9-13/h4-9,12H,10H2,1-3H3,(H,24,28). The summed E-state index contributed by atoms with van der Waals surface area (Å²) in [4.78, 5) is 12.2. The second-order valence-corrected chi connectivity index (χ2v) is 8.70. The van der Waals surface area contributed by atoms with Gasteiger partial charge >= 0.3 is 0 Å². The lowest BCUT2D eigenvalue weighted by atomic mass is 10.2. The number of carbonyl (C=O) groups excluding carboxylic acids is 1. The van der Waals surface area contributed by atoms with E-state index in [1.165, 1.54) is 11.8 Å². The number of thioether (sulfide) groups is 1. The van der Waals surface area contributed by atoms with Crippen molar-refractivity contribution in [3.05, 3.63) is 62.9 Å². The summed E-state index contributed by atoms with van der Waals surface area (Å²) >= 11 is 19.2. The van der Waals surface area contributed by atoms with Gasteiger partial charge in [0.05, 0.1) is 15.8 Å². The number of halogens is 3. The van der Waals surface area contributed by atoms with E-state index < -0.39 is 0 Å². The molecule has 0 spiro atoms. The van der Waals surface area contributed by atoms with Crippen molar-refractivity contribution < 1.29 is 9.53 Å². The predicted octanol–water partition coefficient (Wildman–Crippen LogP) is 5.95. The maximum atomic E-state index is 12.2. The SMILES string of the molecule is Cc1cc(OC(C)c2nnc(SCC(=O)Nc3ccc(Cl)c(Cl)c3)n2C)ccc1Cl. The molecule has 1 N–H and O–H groups in total. The van der Waals surface area contributed by atoms with Crippen molar-refractivity contribution in [2.75, 3.05) is 11.1 Å². The Bertz CT molecular complexity index is 1070. The fourth-order valence-electron chi connectivity index (χ4n) is 2.65. The van der Waals surface area contributed by atoms with Crippen LogP contribution in [0.25, 0.3) is 0 Å². The molecular formula is C20H19Cl3N4O2S. The number of benzene rings is 2. The van der Waals surface area contributed by atoms with Gasteiger partial charge in [-0.1, -0.05) is 46.6 Å². The Morgan fingerprint density at radius 2 is 1.87 bits per heavy atom. The average molecular weight is 486 g/mol. The van der Waals surface area contributed by atoms with E-state index in [0.29, 0.717) is 37.5 Å². The number of hydrogen-bond donors (Lipinski definition) is 1. The van der Waals surface area contributed by atoms with Gasteiger partial charge in [0.15, 0.2) is 17.1 Å². The molecule has 6 nitrogen and oxygen atoms in total. The zero-order valence-electron chi connectivity index (χ0n) is 16.4. The molecule has 0 saturated heterocycles. The maximum Gasteiger partial charge on any atom is 0.234 e. The van der Waals surface area contributed by atoms with Crippen LogP contribution in [-0.4, -0.2) is 26.4 Å². The van der Waals surface area contributed by atoms with Gasteiger partial charge in [0.25, 0.3) is 0 Å². The third-order valence-corrected chi connectivity index (χ3v) is 6.39. The molecule has 0 bridgehead atoms. The molecule has 0 aliphatic heterocycles. The minimum absolute atomic E-state index is 0.165. The zero-order chi connectivity index (χ0) is 21.8. The number of ether oxygens (including phenoxy) is 1. The van der Waals surface area contributed by atoms with Gasteiger partial charge in [-0.2, -0.15) is 0 Å². The van der Waals surface area contributed by atoms with E-state index in [1.807, 2.05) is 37.6 Å². The zero-order valence-corrected chi connectivity index (χ0v) is 19.5. The Morgan fingerprint density at radius 1 is 1.13 bits per heavy atom. The number of aryl methyl sites for hydroxylation is 1. The molecule has 1 aromatic heterocycles. The molecule has 0 aliphatic rings. The minimum atomic E-state index is -0.331. The average Bonchev–Trinajstić information content (AvgIpc) is 3.06. The summed E-state index contributed by atoms with van der Waals surface area (Å²) in [5, 5.41) is 13.3. The smallest absolute Gasteiger partial charge is 0.234 e. The number of amides is 1. The molecule has 10 heteroatoms. The summed E-state index contributed by atoms with van der Waals surface area (Å²) in [6, 6.07) is 10.4. The molecule has 0 fully saturated rings. The second kappa shape index (κ2) is 9.92. The van der Waals surface area contributed by atoms with Gasteiger partial charge in [0, 0.05) is 17.8 Å². The molecule has 0 radical (unpaired) electrons. The molecule has 1 unspecified atom stereocenters. The predicted molar refractivity (Wildman–Crippen MR) is 122 cm³/mol. The number of nitrogens with one attached hydrogen (secondary N) is 1. The Balaban J connectivity index is 1.59. The van der Waals surface area contributed by atoms with Gasteiger partial charge < -0.3 is 14.6 Å². The van der Waals surface area contributed by atoms with Crippen LogP contribution in [-0.2, 0) is 11.8 Å². The van der Waals surface area contributed by atoms with Crippen molar-refractivity contribution in [2.24, 2.45) is 7.05 Å². The molecule has 1 atom stereocenters. The minimum Gasteiger partial charge on any atom is -0.483 e. The normalized spacial score (nSPS) is 11.9. The number of rotatable bonds is 7. The van der Waals surface area contributed by atoms with Crippen molar-refractivity contribution >= 4 is 58.2 Å². The summed E-state index contributed by atoms with van der Waals surface area (Å²) in [5.74, 6) is 1.32. The van der Waals surface area contributed by atoms with Crippen LogP contribution in [0.1, 0.15) is 24.4 Å². The van der Waals surface area contributed by atoms with Crippen LogP contribution >= 0.6 is 46.6 Å². The third kappa shape index (κ3) is 5.60. The first kappa shape index (κ1) is 22.7. The van der Waals surface area contributed by atoms with Crippen LogP contribution in [0.4, 0.5) is 5.69 Å².